The molecule has 5 nitrogen and oxygen atoms in total. The molecule has 1 aliphatic rings. The Kier molecular flexibility index (Phi) is 2.79. The third kappa shape index (κ3) is 1.87. The van der Waals surface area contributed by atoms with Gasteiger partial charge in [0.15, 0.2) is 0 Å². The van der Waals surface area contributed by atoms with E-state index in [1.54, 1.807) is 6.20 Å². The third-order valence-corrected chi connectivity index (χ3v) is 3.87. The van der Waals surface area contributed by atoms with E-state index in [2.05, 4.69) is 31.2 Å². The molecule has 0 bridgehead atoms. The van der Waals surface area contributed by atoms with Crippen LogP contribution in [0, 0.1) is 5.41 Å². The summed E-state index contributed by atoms with van der Waals surface area (Å²) in [5.74, 6) is 0.917. The topological polar surface area (TPSA) is 84.1 Å². The summed E-state index contributed by atoms with van der Waals surface area (Å²) in [4.78, 5) is 7.98. The van der Waals surface area contributed by atoms with E-state index < -0.39 is 0 Å². The van der Waals surface area contributed by atoms with Gasteiger partial charge in [-0.3, -0.25) is 0 Å². The van der Waals surface area contributed by atoms with Gasteiger partial charge in [-0.15, -0.1) is 0 Å². The first-order valence-corrected chi connectivity index (χ1v) is 5.93. The number of aromatic nitrogens is 2. The molecule has 6 heteroatoms. The van der Waals surface area contributed by atoms with Gasteiger partial charge < -0.3 is 16.2 Å². The lowest BCUT2D eigenvalue weighted by atomic mass is 9.64. The number of nitrogens with two attached hydrogens (primary N) is 1. The minimum absolute atomic E-state index is 0.140. The van der Waals surface area contributed by atoms with Crippen molar-refractivity contribution in [3.05, 3.63) is 10.7 Å². The lowest BCUT2D eigenvalue weighted by Crippen LogP contribution is -2.57. The van der Waals surface area contributed by atoms with Gasteiger partial charge in [-0.1, -0.05) is 13.8 Å². The van der Waals surface area contributed by atoms with Crippen molar-refractivity contribution >= 4 is 27.7 Å². The third-order valence-electron chi connectivity index (χ3n) is 3.29. The number of hydrogen-bond donors (Lipinski definition) is 3. The molecule has 1 aromatic heterocycles. The molecule has 1 saturated carbocycles. The average molecular weight is 287 g/mol. The molecule has 0 aliphatic heterocycles. The smallest absolute Gasteiger partial charge is 0.221 e. The zero-order chi connectivity index (χ0) is 11.9. The highest BCUT2D eigenvalue weighted by molar-refractivity contribution is 9.10. The minimum Gasteiger partial charge on any atom is -0.392 e. The summed E-state index contributed by atoms with van der Waals surface area (Å²) in [6.07, 6.45) is 2.08. The standard InChI is InChI=1S/C10H15BrN4O/c1-10(2)6(3-7(10)16)14-8-5(11)4-13-9(12)15-8/h4,6-7,16H,3H2,1-2H3,(H3,12,13,14,15). The van der Waals surface area contributed by atoms with Gasteiger partial charge in [-0.05, 0) is 22.4 Å². The van der Waals surface area contributed by atoms with Crippen molar-refractivity contribution in [2.75, 3.05) is 11.1 Å². The molecule has 1 aromatic rings. The molecule has 1 aliphatic carbocycles. The highest BCUT2D eigenvalue weighted by atomic mass is 79.9. The Labute approximate surface area is 103 Å². The number of aliphatic hydroxyl groups excluding tert-OH is 1. The first-order chi connectivity index (χ1) is 7.41. The summed E-state index contributed by atoms with van der Waals surface area (Å²) >= 11 is 3.36. The van der Waals surface area contributed by atoms with Crippen molar-refractivity contribution in [1.82, 2.24) is 9.97 Å². The number of halogens is 1. The second kappa shape index (κ2) is 3.85. The van der Waals surface area contributed by atoms with Crippen LogP contribution in [-0.4, -0.2) is 27.2 Å². The minimum atomic E-state index is -0.261. The zero-order valence-corrected chi connectivity index (χ0v) is 10.8. The average Bonchev–Trinajstić information content (AvgIpc) is 2.23. The second-order valence-electron chi connectivity index (χ2n) is 4.69. The van der Waals surface area contributed by atoms with E-state index in [0.717, 1.165) is 10.9 Å². The molecule has 16 heavy (non-hydrogen) atoms. The molecule has 0 saturated heterocycles. The highest BCUT2D eigenvalue weighted by Gasteiger charge is 2.47. The Hall–Kier alpha value is -0.880. The van der Waals surface area contributed by atoms with E-state index >= 15 is 0 Å². The molecule has 2 unspecified atom stereocenters. The summed E-state index contributed by atoms with van der Waals surface area (Å²) in [6, 6.07) is 0.202. The van der Waals surface area contributed by atoms with Crippen molar-refractivity contribution in [3.8, 4) is 0 Å². The van der Waals surface area contributed by atoms with Crippen LogP contribution in [0.15, 0.2) is 10.7 Å². The van der Waals surface area contributed by atoms with E-state index in [1.165, 1.54) is 0 Å². The first-order valence-electron chi connectivity index (χ1n) is 5.14. The van der Waals surface area contributed by atoms with E-state index in [0.29, 0.717) is 5.82 Å². The zero-order valence-electron chi connectivity index (χ0n) is 9.24. The molecule has 0 aromatic carbocycles. The Morgan fingerprint density at radius 1 is 1.62 bits per heavy atom. The fourth-order valence-corrected chi connectivity index (χ4v) is 2.10. The molecule has 2 atom stereocenters. The Morgan fingerprint density at radius 3 is 2.88 bits per heavy atom. The summed E-state index contributed by atoms with van der Waals surface area (Å²) in [5, 5.41) is 12.9. The highest BCUT2D eigenvalue weighted by Crippen LogP contribution is 2.42. The van der Waals surface area contributed by atoms with Crippen LogP contribution >= 0.6 is 15.9 Å². The molecular formula is C10H15BrN4O. The number of rotatable bonds is 2. The number of aliphatic hydroxyl groups is 1. The predicted molar refractivity (Wildman–Crippen MR) is 66.0 cm³/mol. The molecule has 1 fully saturated rings. The largest absolute Gasteiger partial charge is 0.392 e. The monoisotopic (exact) mass is 286 g/mol. The lowest BCUT2D eigenvalue weighted by molar-refractivity contribution is -0.0511. The number of nitrogens with zero attached hydrogens (tertiary/aromatic N) is 2. The van der Waals surface area contributed by atoms with Crippen LogP contribution in [0.25, 0.3) is 0 Å². The fraction of sp³-hybridized carbons (Fsp3) is 0.600. The van der Waals surface area contributed by atoms with Crippen LogP contribution in [0.5, 0.6) is 0 Å². The van der Waals surface area contributed by atoms with Crippen LogP contribution in [0.4, 0.5) is 11.8 Å². The van der Waals surface area contributed by atoms with Gasteiger partial charge in [-0.25, -0.2) is 4.98 Å². The van der Waals surface area contributed by atoms with Crippen LogP contribution in [0.2, 0.25) is 0 Å². The maximum atomic E-state index is 9.64. The lowest BCUT2D eigenvalue weighted by Gasteiger charge is -2.49. The molecule has 0 radical (unpaired) electrons. The predicted octanol–water partition coefficient (Wildman–Crippen LogP) is 1.39. The maximum absolute atomic E-state index is 9.64. The van der Waals surface area contributed by atoms with Gasteiger partial charge in [0.1, 0.15) is 5.82 Å². The fourth-order valence-electron chi connectivity index (χ4n) is 1.79. The number of nitrogen functional groups attached to an aromatic ring is 1. The molecular weight excluding hydrogens is 272 g/mol. The summed E-state index contributed by atoms with van der Waals surface area (Å²) in [5.41, 5.74) is 5.39. The van der Waals surface area contributed by atoms with Crippen molar-refractivity contribution in [3.63, 3.8) is 0 Å². The van der Waals surface area contributed by atoms with Crippen molar-refractivity contribution in [2.45, 2.75) is 32.4 Å². The summed E-state index contributed by atoms with van der Waals surface area (Å²) in [7, 11) is 0. The summed E-state index contributed by atoms with van der Waals surface area (Å²) in [6.45, 7) is 4.05. The van der Waals surface area contributed by atoms with Gasteiger partial charge in [0.2, 0.25) is 5.95 Å². The van der Waals surface area contributed by atoms with Crippen molar-refractivity contribution in [1.29, 1.82) is 0 Å². The van der Waals surface area contributed by atoms with Crippen LogP contribution in [0.3, 0.4) is 0 Å². The van der Waals surface area contributed by atoms with E-state index in [-0.39, 0.29) is 23.5 Å². The number of nitrogens with one attached hydrogen (secondary N) is 1. The van der Waals surface area contributed by atoms with Crippen LogP contribution < -0.4 is 11.1 Å². The van der Waals surface area contributed by atoms with Crippen molar-refractivity contribution < 1.29 is 5.11 Å². The first kappa shape index (κ1) is 11.6. The Bertz CT molecular complexity index is 410. The molecule has 88 valence electrons. The van der Waals surface area contributed by atoms with Gasteiger partial charge in [-0.2, -0.15) is 4.98 Å². The van der Waals surface area contributed by atoms with Gasteiger partial charge >= 0.3 is 0 Å². The summed E-state index contributed by atoms with van der Waals surface area (Å²) < 4.78 is 0.777. The Morgan fingerprint density at radius 2 is 2.31 bits per heavy atom. The van der Waals surface area contributed by atoms with Crippen molar-refractivity contribution in [2.24, 2.45) is 5.41 Å². The van der Waals surface area contributed by atoms with E-state index in [9.17, 15) is 5.11 Å². The van der Waals surface area contributed by atoms with Crippen LogP contribution in [-0.2, 0) is 0 Å². The molecule has 0 spiro atoms. The number of anilines is 2. The second-order valence-corrected chi connectivity index (χ2v) is 5.55. The van der Waals surface area contributed by atoms with E-state index in [1.807, 2.05) is 13.8 Å². The molecule has 0 amide bonds. The Balaban J connectivity index is 2.13. The van der Waals surface area contributed by atoms with Gasteiger partial charge in [0, 0.05) is 17.7 Å². The normalized spacial score (nSPS) is 27.2. The van der Waals surface area contributed by atoms with Crippen LogP contribution in [0.1, 0.15) is 20.3 Å². The van der Waals surface area contributed by atoms with Gasteiger partial charge in [0.25, 0.3) is 0 Å². The molecule has 2 rings (SSSR count). The number of hydrogen-bond acceptors (Lipinski definition) is 5. The van der Waals surface area contributed by atoms with Gasteiger partial charge in [0.05, 0.1) is 10.6 Å². The maximum Gasteiger partial charge on any atom is 0.221 e. The molecule has 1 heterocycles. The quantitative estimate of drug-likeness (QED) is 0.765. The molecule has 4 N–H and O–H groups in total. The SMILES string of the molecule is CC1(C)C(O)CC1Nc1nc(N)ncc1Br. The van der Waals surface area contributed by atoms with E-state index in [4.69, 9.17) is 5.73 Å².